The molecule has 1 heterocycles. The lowest BCUT2D eigenvalue weighted by molar-refractivity contribution is -0.139. The molecule has 0 spiro atoms. The molecule has 0 radical (unpaired) electrons. The lowest BCUT2D eigenvalue weighted by atomic mass is 10.1. The van der Waals surface area contributed by atoms with Crippen LogP contribution in [0.2, 0.25) is 5.02 Å². The maximum Gasteiger partial charge on any atom is 0.418 e. The van der Waals surface area contributed by atoms with Crippen LogP contribution in [0.1, 0.15) is 23.2 Å². The molecule has 0 atom stereocenters. The molecule has 0 aliphatic heterocycles. The van der Waals surface area contributed by atoms with E-state index < -0.39 is 30.1 Å². The van der Waals surface area contributed by atoms with Gasteiger partial charge < -0.3 is 14.4 Å². The van der Waals surface area contributed by atoms with Crippen LogP contribution in [-0.4, -0.2) is 15.6 Å². The van der Waals surface area contributed by atoms with Crippen LogP contribution in [0.15, 0.2) is 54.7 Å². The number of hydrogen-bond acceptors (Lipinski definition) is 2. The molecule has 0 fully saturated rings. The third kappa shape index (κ3) is 5.13. The van der Waals surface area contributed by atoms with Crippen LogP contribution in [0.25, 0.3) is 5.69 Å². The third-order valence-corrected chi connectivity index (χ3v) is 4.74. The van der Waals surface area contributed by atoms with Gasteiger partial charge in [-0.1, -0.05) is 23.7 Å². The van der Waals surface area contributed by atoms with Crippen LogP contribution < -0.4 is 4.74 Å². The van der Waals surface area contributed by atoms with E-state index in [0.29, 0.717) is 5.56 Å². The number of aliphatic carboxylic acids is 1. The topological polar surface area (TPSA) is 51.5 Å². The molecule has 0 amide bonds. The third-order valence-electron chi connectivity index (χ3n) is 4.39. The highest BCUT2D eigenvalue weighted by Crippen LogP contribution is 2.35. The summed E-state index contributed by atoms with van der Waals surface area (Å²) in [6.07, 6.45) is -3.29. The van der Waals surface area contributed by atoms with E-state index in [4.69, 9.17) is 21.4 Å². The van der Waals surface area contributed by atoms with E-state index in [9.17, 15) is 22.4 Å². The van der Waals surface area contributed by atoms with E-state index in [2.05, 4.69) is 0 Å². The second kappa shape index (κ2) is 8.79. The molecule has 0 saturated heterocycles. The van der Waals surface area contributed by atoms with Gasteiger partial charge in [-0.3, -0.25) is 4.79 Å². The first-order valence-electron chi connectivity index (χ1n) is 8.81. The van der Waals surface area contributed by atoms with Crippen LogP contribution in [-0.2, 0) is 24.0 Å². The maximum absolute atomic E-state index is 13.6. The number of aromatic nitrogens is 1. The molecule has 0 aliphatic carbocycles. The number of carboxylic acids is 1. The smallest absolute Gasteiger partial charge is 0.418 e. The fourth-order valence-electron chi connectivity index (χ4n) is 2.95. The standard InChI is InChI=1S/C21H16ClF4NO3/c22-18-11-16(6-4-13(18)5-7-20(28)29)30-12-19-17(21(24,25)26)8-9-27(19)15-3-1-2-14(23)10-15/h1-4,6,8-11H,5,7,12H2,(H,28,29). The number of alkyl halides is 3. The van der Waals surface area contributed by atoms with Gasteiger partial charge in [-0.2, -0.15) is 13.2 Å². The zero-order chi connectivity index (χ0) is 21.9. The van der Waals surface area contributed by atoms with Gasteiger partial charge in [0.15, 0.2) is 0 Å². The Bertz CT molecular complexity index is 1060. The Morgan fingerprint density at radius 2 is 1.90 bits per heavy atom. The van der Waals surface area contributed by atoms with Crippen LogP contribution >= 0.6 is 11.6 Å². The first-order chi connectivity index (χ1) is 14.1. The summed E-state index contributed by atoms with van der Waals surface area (Å²) in [6.45, 7) is -0.441. The lowest BCUT2D eigenvalue weighted by Crippen LogP contribution is -2.12. The van der Waals surface area contributed by atoms with Crippen molar-refractivity contribution in [2.45, 2.75) is 25.6 Å². The molecule has 4 nitrogen and oxygen atoms in total. The maximum atomic E-state index is 13.6. The van der Waals surface area contributed by atoms with Gasteiger partial charge in [-0.25, -0.2) is 4.39 Å². The van der Waals surface area contributed by atoms with Gasteiger partial charge in [0.25, 0.3) is 0 Å². The Labute approximate surface area is 174 Å². The number of halogens is 5. The molecule has 3 aromatic rings. The van der Waals surface area contributed by atoms with E-state index in [1.54, 1.807) is 6.07 Å². The Balaban J connectivity index is 1.86. The summed E-state index contributed by atoms with van der Waals surface area (Å²) >= 11 is 6.12. The molecular weight excluding hydrogens is 426 g/mol. The fourth-order valence-corrected chi connectivity index (χ4v) is 3.22. The predicted molar refractivity (Wildman–Crippen MR) is 102 cm³/mol. The molecule has 0 aliphatic rings. The molecule has 3 rings (SSSR count). The van der Waals surface area contributed by atoms with E-state index in [1.165, 1.54) is 41.1 Å². The minimum absolute atomic E-state index is 0.101. The number of rotatable bonds is 7. The lowest BCUT2D eigenvalue weighted by Gasteiger charge is -2.15. The van der Waals surface area contributed by atoms with Crippen LogP contribution in [0.3, 0.4) is 0 Å². The molecule has 0 unspecified atom stereocenters. The van der Waals surface area contributed by atoms with Crippen molar-refractivity contribution in [2.75, 3.05) is 0 Å². The number of carboxylic acid groups (broad SMARTS) is 1. The molecule has 9 heteroatoms. The van der Waals surface area contributed by atoms with Crippen LogP contribution in [0.5, 0.6) is 5.75 Å². The highest BCUT2D eigenvalue weighted by Gasteiger charge is 2.35. The van der Waals surface area contributed by atoms with Crippen LogP contribution in [0, 0.1) is 5.82 Å². The minimum atomic E-state index is -4.62. The zero-order valence-electron chi connectivity index (χ0n) is 15.4. The van der Waals surface area contributed by atoms with E-state index >= 15 is 0 Å². The minimum Gasteiger partial charge on any atom is -0.487 e. The number of aryl methyl sites for hydroxylation is 1. The van der Waals surface area contributed by atoms with E-state index in [0.717, 1.165) is 12.1 Å². The first-order valence-corrected chi connectivity index (χ1v) is 9.19. The number of carbonyl (C=O) groups is 1. The molecule has 30 heavy (non-hydrogen) atoms. The van der Waals surface area contributed by atoms with Crippen molar-refractivity contribution in [2.24, 2.45) is 0 Å². The molecule has 158 valence electrons. The molecule has 0 bridgehead atoms. The summed E-state index contributed by atoms with van der Waals surface area (Å²) in [6, 6.07) is 10.6. The number of ether oxygens (including phenoxy) is 1. The largest absolute Gasteiger partial charge is 0.487 e. The molecular formula is C21H16ClF4NO3. The number of benzene rings is 2. The van der Waals surface area contributed by atoms with Gasteiger partial charge in [-0.05, 0) is 48.4 Å². The monoisotopic (exact) mass is 441 g/mol. The normalized spacial score (nSPS) is 11.5. The molecule has 0 saturated carbocycles. The first kappa shape index (κ1) is 21.7. The second-order valence-corrected chi connectivity index (χ2v) is 6.87. The quantitative estimate of drug-likeness (QED) is 0.465. The van der Waals surface area contributed by atoms with Crippen molar-refractivity contribution in [1.29, 1.82) is 0 Å². The van der Waals surface area contributed by atoms with Crippen molar-refractivity contribution < 1.29 is 32.2 Å². The SMILES string of the molecule is O=C(O)CCc1ccc(OCc2c(C(F)(F)F)ccn2-c2cccc(F)c2)cc1Cl. The van der Waals surface area contributed by atoms with Gasteiger partial charge in [0.1, 0.15) is 18.2 Å². The summed E-state index contributed by atoms with van der Waals surface area (Å²) < 4.78 is 60.6. The average molecular weight is 442 g/mol. The Hall–Kier alpha value is -3.00. The molecule has 2 aromatic carbocycles. The Morgan fingerprint density at radius 3 is 2.53 bits per heavy atom. The van der Waals surface area contributed by atoms with Crippen molar-refractivity contribution in [1.82, 2.24) is 4.57 Å². The highest BCUT2D eigenvalue weighted by atomic mass is 35.5. The van der Waals surface area contributed by atoms with Gasteiger partial charge in [0, 0.05) is 23.3 Å². The van der Waals surface area contributed by atoms with Gasteiger partial charge in [0.05, 0.1) is 11.3 Å². The molecule has 1 aromatic heterocycles. The van der Waals surface area contributed by atoms with Crippen molar-refractivity contribution in [3.05, 3.63) is 82.4 Å². The Kier molecular flexibility index (Phi) is 6.36. The van der Waals surface area contributed by atoms with Gasteiger partial charge >= 0.3 is 12.1 Å². The summed E-state index contributed by atoms with van der Waals surface area (Å²) in [4.78, 5) is 10.7. The zero-order valence-corrected chi connectivity index (χ0v) is 16.2. The number of nitrogens with zero attached hydrogens (tertiary/aromatic N) is 1. The fraction of sp³-hybridized carbons (Fsp3) is 0.190. The van der Waals surface area contributed by atoms with E-state index in [-0.39, 0.29) is 35.0 Å². The van der Waals surface area contributed by atoms with E-state index in [1.807, 2.05) is 0 Å². The summed E-state index contributed by atoms with van der Waals surface area (Å²) in [5.41, 5.74) is -0.271. The average Bonchev–Trinajstić information content (AvgIpc) is 3.10. The number of hydrogen-bond donors (Lipinski definition) is 1. The molecule has 1 N–H and O–H groups in total. The summed E-state index contributed by atoms with van der Waals surface area (Å²) in [5, 5.41) is 9.01. The second-order valence-electron chi connectivity index (χ2n) is 6.46. The summed E-state index contributed by atoms with van der Waals surface area (Å²) in [5.74, 6) is -1.33. The van der Waals surface area contributed by atoms with Gasteiger partial charge in [0.2, 0.25) is 0 Å². The Morgan fingerprint density at radius 1 is 1.13 bits per heavy atom. The van der Waals surface area contributed by atoms with Crippen LogP contribution in [0.4, 0.5) is 17.6 Å². The predicted octanol–water partition coefficient (Wildman–Crippen LogP) is 5.88. The van der Waals surface area contributed by atoms with Crippen molar-refractivity contribution in [3.8, 4) is 11.4 Å². The summed E-state index contributed by atoms with van der Waals surface area (Å²) in [7, 11) is 0. The van der Waals surface area contributed by atoms with Crippen molar-refractivity contribution in [3.63, 3.8) is 0 Å². The van der Waals surface area contributed by atoms with Crippen molar-refractivity contribution >= 4 is 17.6 Å². The highest BCUT2D eigenvalue weighted by molar-refractivity contribution is 6.31. The van der Waals surface area contributed by atoms with Gasteiger partial charge in [-0.15, -0.1) is 0 Å².